The summed E-state index contributed by atoms with van der Waals surface area (Å²) in [5.41, 5.74) is 1.41. The van der Waals surface area contributed by atoms with Gasteiger partial charge >= 0.3 is 0 Å². The molecule has 2 N–H and O–H groups in total. The van der Waals surface area contributed by atoms with Crippen molar-refractivity contribution < 1.29 is 4.84 Å². The molecule has 0 fully saturated rings. The van der Waals surface area contributed by atoms with Crippen molar-refractivity contribution in [2.24, 2.45) is 12.9 Å². The Morgan fingerprint density at radius 2 is 2.00 bits per heavy atom. The number of hydrogen-bond acceptors (Lipinski definition) is 3. The molecule has 2 aromatic rings. The fourth-order valence-corrected chi connectivity index (χ4v) is 1.92. The number of nitrogens with zero attached hydrogens (tertiary/aromatic N) is 2. The Hall–Kier alpha value is -1.39. The normalized spacial score (nSPS) is 12.3. The Morgan fingerprint density at radius 3 is 2.67 bits per heavy atom. The second-order valence-corrected chi connectivity index (χ2v) is 4.12. The van der Waals surface area contributed by atoms with Crippen molar-refractivity contribution in [1.29, 1.82) is 0 Å². The maximum atomic E-state index is 5.32. The van der Waals surface area contributed by atoms with Crippen LogP contribution in [0.1, 0.15) is 19.5 Å². The lowest BCUT2D eigenvalue weighted by atomic mass is 10.0. The van der Waals surface area contributed by atoms with Gasteiger partial charge in [-0.1, -0.05) is 18.2 Å². The van der Waals surface area contributed by atoms with E-state index in [2.05, 4.69) is 5.10 Å². The Kier molecular flexibility index (Phi) is 2.25. The van der Waals surface area contributed by atoms with Gasteiger partial charge in [0.1, 0.15) is 5.60 Å². The standard InChI is InChI=1S/C11H15N3O/c1-11(2,15-12)10-8-6-4-5-7-9(8)13-14(10)3/h4-7H,12H2,1-3H3. The lowest BCUT2D eigenvalue weighted by Gasteiger charge is -2.22. The summed E-state index contributed by atoms with van der Waals surface area (Å²) >= 11 is 0. The third-order valence-electron chi connectivity index (χ3n) is 2.61. The highest BCUT2D eigenvalue weighted by Gasteiger charge is 2.27. The van der Waals surface area contributed by atoms with Crippen molar-refractivity contribution in [2.45, 2.75) is 19.4 Å². The fraction of sp³-hybridized carbons (Fsp3) is 0.364. The van der Waals surface area contributed by atoms with Crippen molar-refractivity contribution in [3.8, 4) is 0 Å². The van der Waals surface area contributed by atoms with Crippen LogP contribution in [0.15, 0.2) is 24.3 Å². The molecule has 15 heavy (non-hydrogen) atoms. The number of benzene rings is 1. The summed E-state index contributed by atoms with van der Waals surface area (Å²) in [7, 11) is 1.90. The maximum Gasteiger partial charge on any atom is 0.126 e. The summed E-state index contributed by atoms with van der Waals surface area (Å²) in [6.07, 6.45) is 0. The minimum absolute atomic E-state index is 0.537. The van der Waals surface area contributed by atoms with E-state index in [4.69, 9.17) is 10.7 Å². The van der Waals surface area contributed by atoms with E-state index in [-0.39, 0.29) is 0 Å². The first-order valence-electron chi connectivity index (χ1n) is 4.86. The van der Waals surface area contributed by atoms with Crippen LogP contribution >= 0.6 is 0 Å². The highest BCUT2D eigenvalue weighted by atomic mass is 16.6. The predicted molar refractivity (Wildman–Crippen MR) is 59.0 cm³/mol. The zero-order chi connectivity index (χ0) is 11.1. The average molecular weight is 205 g/mol. The summed E-state index contributed by atoms with van der Waals surface area (Å²) in [6, 6.07) is 7.96. The quantitative estimate of drug-likeness (QED) is 0.759. The molecule has 1 aromatic carbocycles. The minimum Gasteiger partial charge on any atom is -0.292 e. The molecule has 0 amide bonds. The second-order valence-electron chi connectivity index (χ2n) is 4.12. The first-order valence-corrected chi connectivity index (χ1v) is 4.86. The van der Waals surface area contributed by atoms with Crippen LogP contribution in [0.5, 0.6) is 0 Å². The minimum atomic E-state index is -0.537. The molecular formula is C11H15N3O. The van der Waals surface area contributed by atoms with Gasteiger partial charge < -0.3 is 0 Å². The first-order chi connectivity index (χ1) is 7.06. The number of nitrogens with two attached hydrogens (primary N) is 1. The molecule has 0 saturated carbocycles. The van der Waals surface area contributed by atoms with Gasteiger partial charge in [-0.3, -0.25) is 9.52 Å². The molecule has 2 rings (SSSR count). The van der Waals surface area contributed by atoms with Crippen LogP contribution in [0.3, 0.4) is 0 Å². The molecule has 0 spiro atoms. The summed E-state index contributed by atoms with van der Waals surface area (Å²) in [5, 5.41) is 5.49. The van der Waals surface area contributed by atoms with E-state index in [0.29, 0.717) is 0 Å². The number of aryl methyl sites for hydroxylation is 1. The van der Waals surface area contributed by atoms with E-state index in [0.717, 1.165) is 16.6 Å². The maximum absolute atomic E-state index is 5.32. The van der Waals surface area contributed by atoms with Gasteiger partial charge in [-0.15, -0.1) is 0 Å². The van der Waals surface area contributed by atoms with Crippen molar-refractivity contribution in [1.82, 2.24) is 9.78 Å². The molecule has 1 heterocycles. The molecule has 0 aliphatic carbocycles. The number of hydrogen-bond donors (Lipinski definition) is 1. The average Bonchev–Trinajstić information content (AvgIpc) is 2.54. The predicted octanol–water partition coefficient (Wildman–Crippen LogP) is 1.70. The van der Waals surface area contributed by atoms with Gasteiger partial charge in [0.2, 0.25) is 0 Å². The highest BCUT2D eigenvalue weighted by molar-refractivity contribution is 5.82. The third kappa shape index (κ3) is 1.52. The Labute approximate surface area is 88.6 Å². The van der Waals surface area contributed by atoms with Crippen molar-refractivity contribution in [3.05, 3.63) is 30.0 Å². The molecule has 4 nitrogen and oxygen atoms in total. The molecule has 0 atom stereocenters. The molecule has 0 saturated heterocycles. The van der Waals surface area contributed by atoms with Crippen LogP contribution in [0.2, 0.25) is 0 Å². The van der Waals surface area contributed by atoms with Crippen LogP contribution in [0.4, 0.5) is 0 Å². The fourth-order valence-electron chi connectivity index (χ4n) is 1.92. The zero-order valence-corrected chi connectivity index (χ0v) is 9.19. The van der Waals surface area contributed by atoms with Gasteiger partial charge in [-0.05, 0) is 19.9 Å². The largest absolute Gasteiger partial charge is 0.292 e. The third-order valence-corrected chi connectivity index (χ3v) is 2.61. The smallest absolute Gasteiger partial charge is 0.126 e. The van der Waals surface area contributed by atoms with Gasteiger partial charge in [-0.2, -0.15) is 5.10 Å². The first kappa shape index (κ1) is 10.1. The SMILES string of the molecule is Cn1nc2ccccc2c1C(C)(C)ON. The molecule has 0 aliphatic heterocycles. The molecule has 1 aromatic heterocycles. The van der Waals surface area contributed by atoms with E-state index >= 15 is 0 Å². The van der Waals surface area contributed by atoms with E-state index in [1.807, 2.05) is 49.8 Å². The topological polar surface area (TPSA) is 53.1 Å². The van der Waals surface area contributed by atoms with Crippen LogP contribution in [-0.2, 0) is 17.5 Å². The Morgan fingerprint density at radius 1 is 1.33 bits per heavy atom. The molecule has 0 radical (unpaired) electrons. The molecule has 4 heteroatoms. The lowest BCUT2D eigenvalue weighted by Crippen LogP contribution is -2.28. The van der Waals surface area contributed by atoms with E-state index in [1.54, 1.807) is 0 Å². The molecule has 0 bridgehead atoms. The van der Waals surface area contributed by atoms with E-state index < -0.39 is 5.60 Å². The van der Waals surface area contributed by atoms with Gasteiger partial charge in [0, 0.05) is 12.4 Å². The summed E-state index contributed by atoms with van der Waals surface area (Å²) in [4.78, 5) is 5.01. The summed E-state index contributed by atoms with van der Waals surface area (Å²) in [5.74, 6) is 5.32. The van der Waals surface area contributed by atoms with Crippen LogP contribution in [-0.4, -0.2) is 9.78 Å². The number of rotatable bonds is 2. The summed E-state index contributed by atoms with van der Waals surface area (Å²) in [6.45, 7) is 3.85. The van der Waals surface area contributed by atoms with Crippen LogP contribution in [0.25, 0.3) is 10.9 Å². The van der Waals surface area contributed by atoms with Crippen molar-refractivity contribution in [3.63, 3.8) is 0 Å². The van der Waals surface area contributed by atoms with Crippen LogP contribution < -0.4 is 5.90 Å². The lowest BCUT2D eigenvalue weighted by molar-refractivity contribution is -0.0283. The Bertz CT molecular complexity index is 488. The molecule has 80 valence electrons. The second kappa shape index (κ2) is 3.32. The monoisotopic (exact) mass is 205 g/mol. The van der Waals surface area contributed by atoms with Gasteiger partial charge in [0.15, 0.2) is 0 Å². The zero-order valence-electron chi connectivity index (χ0n) is 9.19. The Balaban J connectivity index is 2.74. The molecule has 0 aliphatic rings. The van der Waals surface area contributed by atoms with Gasteiger partial charge in [0.05, 0.1) is 11.2 Å². The number of aromatic nitrogens is 2. The summed E-state index contributed by atoms with van der Waals surface area (Å²) < 4.78 is 1.82. The van der Waals surface area contributed by atoms with Crippen molar-refractivity contribution >= 4 is 10.9 Å². The van der Waals surface area contributed by atoms with E-state index in [1.165, 1.54) is 0 Å². The van der Waals surface area contributed by atoms with E-state index in [9.17, 15) is 0 Å². The van der Waals surface area contributed by atoms with Gasteiger partial charge in [-0.25, -0.2) is 5.90 Å². The number of fused-ring (bicyclic) bond motifs is 1. The highest BCUT2D eigenvalue weighted by Crippen LogP contribution is 2.29. The molecular weight excluding hydrogens is 190 g/mol. The van der Waals surface area contributed by atoms with Gasteiger partial charge in [0.25, 0.3) is 0 Å². The van der Waals surface area contributed by atoms with Crippen molar-refractivity contribution in [2.75, 3.05) is 0 Å². The van der Waals surface area contributed by atoms with Crippen LogP contribution in [0, 0.1) is 0 Å². The molecule has 0 unspecified atom stereocenters.